The minimum absolute atomic E-state index is 0.183. The molecule has 1 amide bonds. The van der Waals surface area contributed by atoms with Crippen molar-refractivity contribution in [2.45, 2.75) is 45.8 Å². The van der Waals surface area contributed by atoms with Gasteiger partial charge in [-0.2, -0.15) is 0 Å². The molecule has 3 rings (SSSR count). The van der Waals surface area contributed by atoms with Crippen LogP contribution in [-0.2, 0) is 9.53 Å². The third-order valence-corrected chi connectivity index (χ3v) is 5.13. The van der Waals surface area contributed by atoms with Crippen molar-refractivity contribution in [1.82, 2.24) is 0 Å². The zero-order valence-electron chi connectivity index (χ0n) is 16.5. The Hall–Kier alpha value is -2.05. The van der Waals surface area contributed by atoms with Crippen LogP contribution < -0.4 is 14.8 Å². The third kappa shape index (κ3) is 5.49. The lowest BCUT2D eigenvalue weighted by atomic mass is 10.1. The second-order valence-corrected chi connectivity index (χ2v) is 8.00. The van der Waals surface area contributed by atoms with Gasteiger partial charge in [0.15, 0.2) is 6.10 Å². The summed E-state index contributed by atoms with van der Waals surface area (Å²) in [5.41, 5.74) is 2.67. The Morgan fingerprint density at radius 2 is 1.93 bits per heavy atom. The molecule has 0 aliphatic carbocycles. The highest BCUT2D eigenvalue weighted by Crippen LogP contribution is 2.28. The summed E-state index contributed by atoms with van der Waals surface area (Å²) in [5.74, 6) is 1.30. The third-order valence-electron chi connectivity index (χ3n) is 4.67. The van der Waals surface area contributed by atoms with E-state index < -0.39 is 6.10 Å². The van der Waals surface area contributed by atoms with E-state index in [0.717, 1.165) is 46.5 Å². The largest absolute Gasteiger partial charge is 0.491 e. The molecule has 6 heteroatoms. The molecule has 0 spiro atoms. The Morgan fingerprint density at radius 1 is 1.25 bits per heavy atom. The minimum atomic E-state index is -0.617. The molecule has 1 fully saturated rings. The van der Waals surface area contributed by atoms with Gasteiger partial charge in [-0.05, 0) is 81.1 Å². The highest BCUT2D eigenvalue weighted by molar-refractivity contribution is 9.10. The first-order valence-electron chi connectivity index (χ1n) is 9.51. The summed E-state index contributed by atoms with van der Waals surface area (Å²) in [7, 11) is 0. The minimum Gasteiger partial charge on any atom is -0.491 e. The van der Waals surface area contributed by atoms with Crippen LogP contribution in [0.25, 0.3) is 0 Å². The molecule has 150 valence electrons. The van der Waals surface area contributed by atoms with Gasteiger partial charge >= 0.3 is 0 Å². The Kier molecular flexibility index (Phi) is 6.97. The molecule has 0 aromatic heterocycles. The molecule has 28 heavy (non-hydrogen) atoms. The predicted octanol–water partition coefficient (Wildman–Crippen LogP) is 5.03. The van der Waals surface area contributed by atoms with Crippen LogP contribution in [0.4, 0.5) is 5.69 Å². The van der Waals surface area contributed by atoms with E-state index in [-0.39, 0.29) is 12.0 Å². The van der Waals surface area contributed by atoms with E-state index in [4.69, 9.17) is 14.2 Å². The number of hydrogen-bond donors (Lipinski definition) is 1. The molecule has 1 saturated heterocycles. The molecular weight excluding hydrogens is 422 g/mol. The average molecular weight is 448 g/mol. The molecule has 0 unspecified atom stereocenters. The zero-order chi connectivity index (χ0) is 20.1. The lowest BCUT2D eigenvalue weighted by Crippen LogP contribution is -2.30. The summed E-state index contributed by atoms with van der Waals surface area (Å²) in [6, 6.07) is 11.3. The smallest absolute Gasteiger partial charge is 0.265 e. The Labute approximate surface area is 174 Å². The molecule has 5 nitrogen and oxygen atoms in total. The fourth-order valence-electron chi connectivity index (χ4n) is 3.16. The highest BCUT2D eigenvalue weighted by Gasteiger charge is 2.18. The first-order chi connectivity index (χ1) is 13.4. The maximum absolute atomic E-state index is 12.5. The van der Waals surface area contributed by atoms with E-state index in [1.165, 1.54) is 0 Å². The summed E-state index contributed by atoms with van der Waals surface area (Å²) in [6.07, 6.45) is 1.71. The number of halogens is 1. The molecule has 0 radical (unpaired) electrons. The van der Waals surface area contributed by atoms with Gasteiger partial charge in [-0.15, -0.1) is 0 Å². The standard InChI is InChI=1S/C22H26BrNO4/c1-14-11-17(23)12-15(2)21(14)28-16(3)22(25)24-18-6-8-19(9-7-18)27-13-20-5-4-10-26-20/h6-9,11-12,16,20H,4-5,10,13H2,1-3H3,(H,24,25)/t16-,20-/m0/s1. The Balaban J connectivity index is 1.53. The number of anilines is 1. The highest BCUT2D eigenvalue weighted by atomic mass is 79.9. The molecule has 0 saturated carbocycles. The SMILES string of the molecule is Cc1cc(Br)cc(C)c1O[C@@H](C)C(=O)Nc1ccc(OC[C@@H]2CCCO2)cc1. The van der Waals surface area contributed by atoms with Gasteiger partial charge in [0.05, 0.1) is 6.10 Å². The summed E-state index contributed by atoms with van der Waals surface area (Å²) >= 11 is 3.47. The van der Waals surface area contributed by atoms with E-state index in [2.05, 4.69) is 21.2 Å². The molecular formula is C22H26BrNO4. The lowest BCUT2D eigenvalue weighted by molar-refractivity contribution is -0.122. The number of carbonyl (C=O) groups excluding carboxylic acids is 1. The first kappa shape index (κ1) is 20.7. The van der Waals surface area contributed by atoms with Crippen LogP contribution in [-0.4, -0.2) is 31.3 Å². The van der Waals surface area contributed by atoms with E-state index >= 15 is 0 Å². The van der Waals surface area contributed by atoms with Crippen molar-refractivity contribution in [2.75, 3.05) is 18.5 Å². The van der Waals surface area contributed by atoms with E-state index in [1.54, 1.807) is 6.92 Å². The first-order valence-corrected chi connectivity index (χ1v) is 10.3. The predicted molar refractivity (Wildman–Crippen MR) is 113 cm³/mol. The number of rotatable bonds is 7. The van der Waals surface area contributed by atoms with Gasteiger partial charge in [-0.25, -0.2) is 0 Å². The molecule has 2 aromatic rings. The molecule has 2 atom stereocenters. The van der Waals surface area contributed by atoms with Gasteiger partial charge in [0.25, 0.3) is 5.91 Å². The Bertz CT molecular complexity index is 793. The maximum atomic E-state index is 12.5. The topological polar surface area (TPSA) is 56.8 Å². The fourth-order valence-corrected chi connectivity index (χ4v) is 3.84. The van der Waals surface area contributed by atoms with Crippen LogP contribution in [0.3, 0.4) is 0 Å². The summed E-state index contributed by atoms with van der Waals surface area (Å²) in [6.45, 7) is 7.05. The number of hydrogen-bond acceptors (Lipinski definition) is 4. The maximum Gasteiger partial charge on any atom is 0.265 e. The molecule has 1 N–H and O–H groups in total. The number of ether oxygens (including phenoxy) is 3. The number of nitrogens with one attached hydrogen (secondary N) is 1. The van der Waals surface area contributed by atoms with Crippen LogP contribution in [0.15, 0.2) is 40.9 Å². The van der Waals surface area contributed by atoms with Gasteiger partial charge in [0.1, 0.15) is 18.1 Å². The average Bonchev–Trinajstić information content (AvgIpc) is 3.17. The van der Waals surface area contributed by atoms with Crippen molar-refractivity contribution in [1.29, 1.82) is 0 Å². The quantitative estimate of drug-likeness (QED) is 0.646. The fraction of sp³-hybridized carbons (Fsp3) is 0.409. The van der Waals surface area contributed by atoms with Gasteiger partial charge in [-0.3, -0.25) is 4.79 Å². The van der Waals surface area contributed by atoms with Crippen LogP contribution in [0.1, 0.15) is 30.9 Å². The molecule has 2 aromatic carbocycles. The zero-order valence-corrected chi connectivity index (χ0v) is 18.0. The van der Waals surface area contributed by atoms with Crippen molar-refractivity contribution in [2.24, 2.45) is 0 Å². The van der Waals surface area contributed by atoms with Crippen molar-refractivity contribution < 1.29 is 19.0 Å². The van der Waals surface area contributed by atoms with Crippen LogP contribution in [0, 0.1) is 13.8 Å². The lowest BCUT2D eigenvalue weighted by Gasteiger charge is -2.18. The van der Waals surface area contributed by atoms with Gasteiger partial charge < -0.3 is 19.5 Å². The number of benzene rings is 2. The number of amides is 1. The summed E-state index contributed by atoms with van der Waals surface area (Å²) < 4.78 is 18.2. The van der Waals surface area contributed by atoms with Gasteiger partial charge in [0, 0.05) is 16.8 Å². The second-order valence-electron chi connectivity index (χ2n) is 7.09. The van der Waals surface area contributed by atoms with E-state index in [0.29, 0.717) is 12.3 Å². The second kappa shape index (κ2) is 9.43. The summed E-state index contributed by atoms with van der Waals surface area (Å²) in [5, 5.41) is 2.88. The molecule has 1 heterocycles. The monoisotopic (exact) mass is 447 g/mol. The van der Waals surface area contributed by atoms with Crippen LogP contribution in [0.2, 0.25) is 0 Å². The van der Waals surface area contributed by atoms with Crippen molar-refractivity contribution in [3.63, 3.8) is 0 Å². The molecule has 1 aliphatic rings. The molecule has 0 bridgehead atoms. The Morgan fingerprint density at radius 3 is 2.54 bits per heavy atom. The van der Waals surface area contributed by atoms with E-state index in [9.17, 15) is 4.79 Å². The van der Waals surface area contributed by atoms with Gasteiger partial charge in [0.2, 0.25) is 0 Å². The van der Waals surface area contributed by atoms with Crippen LogP contribution in [0.5, 0.6) is 11.5 Å². The van der Waals surface area contributed by atoms with Crippen molar-refractivity contribution in [3.8, 4) is 11.5 Å². The van der Waals surface area contributed by atoms with Gasteiger partial charge in [-0.1, -0.05) is 15.9 Å². The normalized spacial score (nSPS) is 17.2. The van der Waals surface area contributed by atoms with E-state index in [1.807, 2.05) is 50.2 Å². The number of aryl methyl sites for hydroxylation is 2. The number of carbonyl (C=O) groups is 1. The van der Waals surface area contributed by atoms with Crippen LogP contribution >= 0.6 is 15.9 Å². The molecule has 1 aliphatic heterocycles. The van der Waals surface area contributed by atoms with Crippen molar-refractivity contribution in [3.05, 3.63) is 52.0 Å². The van der Waals surface area contributed by atoms with Crippen molar-refractivity contribution >= 4 is 27.5 Å². The summed E-state index contributed by atoms with van der Waals surface area (Å²) in [4.78, 5) is 12.5.